The Morgan fingerprint density at radius 1 is 1.18 bits per heavy atom. The molecule has 0 spiro atoms. The predicted octanol–water partition coefficient (Wildman–Crippen LogP) is 0.333. The fourth-order valence-electron chi connectivity index (χ4n) is 3.00. The van der Waals surface area contributed by atoms with Crippen LogP contribution in [0.4, 0.5) is 0 Å². The van der Waals surface area contributed by atoms with Crippen LogP contribution in [0.25, 0.3) is 0 Å². The molecule has 0 saturated carbocycles. The fourth-order valence-corrected chi connectivity index (χ4v) is 4.35. The zero-order chi connectivity index (χ0) is 16.2. The van der Waals surface area contributed by atoms with Gasteiger partial charge in [-0.25, -0.2) is 4.72 Å². The maximum atomic E-state index is 12.3. The molecule has 0 aromatic heterocycles. The van der Waals surface area contributed by atoms with Gasteiger partial charge in [0.2, 0.25) is 5.91 Å². The summed E-state index contributed by atoms with van der Waals surface area (Å²) in [6, 6.07) is 0. The van der Waals surface area contributed by atoms with Crippen molar-refractivity contribution in [2.45, 2.75) is 51.7 Å². The highest BCUT2D eigenvalue weighted by Gasteiger charge is 2.30. The van der Waals surface area contributed by atoms with E-state index in [1.807, 2.05) is 13.8 Å². The van der Waals surface area contributed by atoms with Gasteiger partial charge >= 0.3 is 0 Å². The number of amides is 1. The highest BCUT2D eigenvalue weighted by Crippen LogP contribution is 2.14. The highest BCUT2D eigenvalue weighted by molar-refractivity contribution is 7.87. The van der Waals surface area contributed by atoms with E-state index in [0.29, 0.717) is 26.1 Å². The Bertz CT molecular complexity index is 472. The van der Waals surface area contributed by atoms with E-state index >= 15 is 0 Å². The number of carbonyl (C=O) groups excluding carboxylic acids is 1. The molecule has 1 N–H and O–H groups in total. The molecule has 2 aliphatic rings. The monoisotopic (exact) mass is 333 g/mol. The Hall–Kier alpha value is -0.700. The summed E-state index contributed by atoms with van der Waals surface area (Å²) in [5, 5.41) is 0. The molecule has 0 aromatic carbocycles. The zero-order valence-electron chi connectivity index (χ0n) is 13.5. The van der Waals surface area contributed by atoms with Gasteiger partial charge in [-0.05, 0) is 26.7 Å². The van der Waals surface area contributed by atoms with Crippen molar-refractivity contribution in [2.24, 2.45) is 0 Å². The first kappa shape index (κ1) is 17.7. The Kier molecular flexibility index (Phi) is 6.19. The molecule has 2 heterocycles. The van der Waals surface area contributed by atoms with E-state index in [1.54, 1.807) is 4.90 Å². The van der Waals surface area contributed by atoms with Gasteiger partial charge in [0.05, 0.1) is 12.2 Å². The summed E-state index contributed by atoms with van der Waals surface area (Å²) >= 11 is 0. The van der Waals surface area contributed by atoms with Crippen LogP contribution in [0, 0.1) is 0 Å². The lowest BCUT2D eigenvalue weighted by Crippen LogP contribution is -2.52. The number of likely N-dealkylation sites (tertiary alicyclic amines) is 1. The summed E-state index contributed by atoms with van der Waals surface area (Å²) < 4.78 is 34.2. The summed E-state index contributed by atoms with van der Waals surface area (Å²) in [4.78, 5) is 13.6. The van der Waals surface area contributed by atoms with Gasteiger partial charge in [-0.15, -0.1) is 0 Å². The molecule has 2 fully saturated rings. The number of ether oxygens (including phenoxy) is 1. The SMILES string of the molecule is C[C@@H]1CN(S(=O)(=O)NCCN2CCCCCC2=O)C[C@@H](C)O1. The van der Waals surface area contributed by atoms with Crippen LogP contribution in [-0.2, 0) is 19.7 Å². The second kappa shape index (κ2) is 7.72. The third-order valence-corrected chi connectivity index (χ3v) is 5.61. The summed E-state index contributed by atoms with van der Waals surface area (Å²) in [5.41, 5.74) is 0. The predicted molar refractivity (Wildman–Crippen MR) is 83.6 cm³/mol. The summed E-state index contributed by atoms with van der Waals surface area (Å²) in [5.74, 6) is 0.130. The average molecular weight is 333 g/mol. The van der Waals surface area contributed by atoms with Crippen LogP contribution in [0.2, 0.25) is 0 Å². The standard InChI is InChI=1S/C14H27N3O4S/c1-12-10-17(11-13(2)21-12)22(19,20)15-7-9-16-8-5-3-4-6-14(16)18/h12-13,15H,3-11H2,1-2H3/t12-,13-/m1/s1. The van der Waals surface area contributed by atoms with E-state index < -0.39 is 10.2 Å². The van der Waals surface area contributed by atoms with Crippen molar-refractivity contribution in [2.75, 3.05) is 32.7 Å². The van der Waals surface area contributed by atoms with E-state index in [2.05, 4.69) is 4.72 Å². The minimum absolute atomic E-state index is 0.104. The number of carbonyl (C=O) groups is 1. The molecule has 7 nitrogen and oxygen atoms in total. The molecule has 2 aliphatic heterocycles. The molecule has 2 atom stereocenters. The van der Waals surface area contributed by atoms with Gasteiger partial charge in [-0.1, -0.05) is 6.42 Å². The largest absolute Gasteiger partial charge is 0.373 e. The van der Waals surface area contributed by atoms with Gasteiger partial charge in [-0.2, -0.15) is 12.7 Å². The number of rotatable bonds is 5. The van der Waals surface area contributed by atoms with Gasteiger partial charge in [0, 0.05) is 39.1 Å². The normalized spacial score (nSPS) is 28.6. The molecule has 22 heavy (non-hydrogen) atoms. The van der Waals surface area contributed by atoms with Crippen molar-refractivity contribution in [3.63, 3.8) is 0 Å². The van der Waals surface area contributed by atoms with Gasteiger partial charge in [0.1, 0.15) is 0 Å². The molecule has 0 bridgehead atoms. The van der Waals surface area contributed by atoms with Crippen molar-refractivity contribution >= 4 is 16.1 Å². The smallest absolute Gasteiger partial charge is 0.279 e. The van der Waals surface area contributed by atoms with Gasteiger partial charge in [0.15, 0.2) is 0 Å². The van der Waals surface area contributed by atoms with E-state index in [-0.39, 0.29) is 24.7 Å². The molecule has 8 heteroatoms. The van der Waals surface area contributed by atoms with Crippen LogP contribution in [0.5, 0.6) is 0 Å². The molecule has 0 unspecified atom stereocenters. The Morgan fingerprint density at radius 3 is 2.55 bits per heavy atom. The number of nitrogens with zero attached hydrogens (tertiary/aromatic N) is 2. The first-order valence-electron chi connectivity index (χ1n) is 8.06. The minimum atomic E-state index is -3.51. The Balaban J connectivity index is 1.83. The van der Waals surface area contributed by atoms with Crippen molar-refractivity contribution in [3.05, 3.63) is 0 Å². The third-order valence-electron chi connectivity index (χ3n) is 4.06. The fraction of sp³-hybridized carbons (Fsp3) is 0.929. The van der Waals surface area contributed by atoms with Crippen LogP contribution in [0.3, 0.4) is 0 Å². The average Bonchev–Trinajstić information content (AvgIpc) is 2.63. The van der Waals surface area contributed by atoms with Crippen LogP contribution in [-0.4, -0.2) is 68.5 Å². The lowest BCUT2D eigenvalue weighted by atomic mass is 10.2. The summed E-state index contributed by atoms with van der Waals surface area (Å²) in [6.45, 7) is 5.89. The quantitative estimate of drug-likeness (QED) is 0.786. The Morgan fingerprint density at radius 2 is 1.86 bits per heavy atom. The zero-order valence-corrected chi connectivity index (χ0v) is 14.3. The van der Waals surface area contributed by atoms with Crippen LogP contribution in [0.1, 0.15) is 39.5 Å². The van der Waals surface area contributed by atoms with E-state index in [4.69, 9.17) is 4.74 Å². The molecule has 1 amide bonds. The van der Waals surface area contributed by atoms with Crippen molar-refractivity contribution in [3.8, 4) is 0 Å². The summed E-state index contributed by atoms with van der Waals surface area (Å²) in [7, 11) is -3.51. The van der Waals surface area contributed by atoms with Gasteiger partial charge in [0.25, 0.3) is 10.2 Å². The molecule has 128 valence electrons. The number of hydrogen-bond acceptors (Lipinski definition) is 4. The van der Waals surface area contributed by atoms with Crippen LogP contribution in [0.15, 0.2) is 0 Å². The molecule has 2 rings (SSSR count). The number of hydrogen-bond donors (Lipinski definition) is 1. The van der Waals surface area contributed by atoms with Crippen molar-refractivity contribution in [1.29, 1.82) is 0 Å². The third kappa shape index (κ3) is 4.91. The highest BCUT2D eigenvalue weighted by atomic mass is 32.2. The van der Waals surface area contributed by atoms with E-state index in [0.717, 1.165) is 25.8 Å². The summed E-state index contributed by atoms with van der Waals surface area (Å²) in [6.07, 6.45) is 3.37. The molecule has 0 aromatic rings. The second-order valence-corrected chi connectivity index (χ2v) is 7.92. The molecule has 2 saturated heterocycles. The lowest BCUT2D eigenvalue weighted by molar-refractivity contribution is -0.130. The first-order chi connectivity index (χ1) is 10.4. The number of morpholine rings is 1. The number of nitrogens with one attached hydrogen (secondary N) is 1. The van der Waals surface area contributed by atoms with E-state index in [1.165, 1.54) is 4.31 Å². The van der Waals surface area contributed by atoms with Gasteiger partial charge < -0.3 is 9.64 Å². The van der Waals surface area contributed by atoms with Crippen molar-refractivity contribution in [1.82, 2.24) is 13.9 Å². The maximum absolute atomic E-state index is 12.3. The molecule has 0 radical (unpaired) electrons. The maximum Gasteiger partial charge on any atom is 0.279 e. The molecular formula is C14H27N3O4S. The molecule has 0 aliphatic carbocycles. The van der Waals surface area contributed by atoms with Gasteiger partial charge in [-0.3, -0.25) is 4.79 Å². The van der Waals surface area contributed by atoms with Crippen LogP contribution < -0.4 is 4.72 Å². The Labute approximate surface area is 133 Å². The van der Waals surface area contributed by atoms with E-state index in [9.17, 15) is 13.2 Å². The lowest BCUT2D eigenvalue weighted by Gasteiger charge is -2.34. The first-order valence-corrected chi connectivity index (χ1v) is 9.50. The van der Waals surface area contributed by atoms with Crippen LogP contribution >= 0.6 is 0 Å². The minimum Gasteiger partial charge on any atom is -0.373 e. The van der Waals surface area contributed by atoms with Crippen molar-refractivity contribution < 1.29 is 17.9 Å². The topological polar surface area (TPSA) is 79.0 Å². The second-order valence-electron chi connectivity index (χ2n) is 6.17. The molecular weight excluding hydrogens is 306 g/mol.